The number of nitrogens with one attached hydrogen (secondary N) is 1. The molecule has 3 heterocycles. The lowest BCUT2D eigenvalue weighted by molar-refractivity contribution is 0.0924. The molecule has 1 aromatic carbocycles. The summed E-state index contributed by atoms with van der Waals surface area (Å²) in [4.78, 5) is 23.1. The Morgan fingerprint density at radius 3 is 2.80 bits per heavy atom. The van der Waals surface area contributed by atoms with Crippen LogP contribution in [0, 0.1) is 0 Å². The fourth-order valence-corrected chi connectivity index (χ4v) is 2.94. The van der Waals surface area contributed by atoms with Crippen molar-refractivity contribution in [3.63, 3.8) is 0 Å². The first-order chi connectivity index (χ1) is 12.1. The zero-order chi connectivity index (χ0) is 17.4. The first-order valence-corrected chi connectivity index (χ1v) is 8.09. The number of nitrogens with zero attached hydrogens (tertiary/aromatic N) is 5. The van der Waals surface area contributed by atoms with Crippen LogP contribution in [0.2, 0.25) is 0 Å². The van der Waals surface area contributed by atoms with Crippen molar-refractivity contribution in [1.29, 1.82) is 0 Å². The van der Waals surface area contributed by atoms with Crippen LogP contribution in [-0.2, 0) is 6.54 Å². The maximum atomic E-state index is 11.9. The predicted octanol–water partition coefficient (Wildman–Crippen LogP) is 1.82. The van der Waals surface area contributed by atoms with E-state index in [2.05, 4.69) is 20.4 Å². The number of fused-ring (bicyclic) bond motifs is 1. The number of aromatic nitrogens is 4. The zero-order valence-corrected chi connectivity index (χ0v) is 14.1. The molecule has 0 atom stereocenters. The monoisotopic (exact) mass is 334 g/mol. The van der Waals surface area contributed by atoms with E-state index >= 15 is 0 Å². The molecular formula is C18H18N6O. The highest BCUT2D eigenvalue weighted by Gasteiger charge is 2.20. The molecule has 2 aromatic heterocycles. The number of benzene rings is 1. The van der Waals surface area contributed by atoms with Crippen LogP contribution in [0.4, 0.5) is 5.69 Å². The Morgan fingerprint density at radius 1 is 1.16 bits per heavy atom. The summed E-state index contributed by atoms with van der Waals surface area (Å²) in [7, 11) is 3.98. The summed E-state index contributed by atoms with van der Waals surface area (Å²) in [5.41, 5.74) is 3.95. The van der Waals surface area contributed by atoms with E-state index in [0.717, 1.165) is 11.3 Å². The Hall–Kier alpha value is -3.22. The molecule has 1 N–H and O–H groups in total. The molecule has 7 heteroatoms. The van der Waals surface area contributed by atoms with Crippen LogP contribution in [-0.4, -0.2) is 46.3 Å². The van der Waals surface area contributed by atoms with Crippen LogP contribution in [0.15, 0.2) is 42.6 Å². The quantitative estimate of drug-likeness (QED) is 0.791. The van der Waals surface area contributed by atoms with Gasteiger partial charge in [0, 0.05) is 38.1 Å². The maximum absolute atomic E-state index is 11.9. The minimum atomic E-state index is -0.0998. The van der Waals surface area contributed by atoms with Crippen molar-refractivity contribution in [1.82, 2.24) is 25.1 Å². The average molecular weight is 334 g/mol. The van der Waals surface area contributed by atoms with Crippen LogP contribution < -0.4 is 10.2 Å². The third kappa shape index (κ3) is 2.73. The van der Waals surface area contributed by atoms with Crippen molar-refractivity contribution in [2.45, 2.75) is 6.54 Å². The highest BCUT2D eigenvalue weighted by molar-refractivity contribution is 5.94. The second-order valence-electron chi connectivity index (χ2n) is 6.07. The molecule has 4 rings (SSSR count). The van der Waals surface area contributed by atoms with Crippen LogP contribution in [0.3, 0.4) is 0 Å². The summed E-state index contributed by atoms with van der Waals surface area (Å²) in [6.45, 7) is 1.26. The number of carbonyl (C=O) groups is 1. The third-order valence-electron chi connectivity index (χ3n) is 4.17. The first kappa shape index (κ1) is 15.3. The van der Waals surface area contributed by atoms with E-state index in [-0.39, 0.29) is 5.91 Å². The lowest BCUT2D eigenvalue weighted by Gasteiger charge is -2.16. The summed E-state index contributed by atoms with van der Waals surface area (Å²) < 4.78 is 1.73. The van der Waals surface area contributed by atoms with E-state index in [4.69, 9.17) is 0 Å². The average Bonchev–Trinajstić information content (AvgIpc) is 3.08. The van der Waals surface area contributed by atoms with Crippen molar-refractivity contribution in [3.05, 3.63) is 48.3 Å². The molecule has 0 saturated heterocycles. The number of hydrogen-bond acceptors (Lipinski definition) is 5. The molecular weight excluding hydrogens is 316 g/mol. The number of hydrogen-bond donors (Lipinski definition) is 1. The maximum Gasteiger partial charge on any atom is 0.269 e. The largest absolute Gasteiger partial charge is 0.377 e. The molecule has 0 spiro atoms. The van der Waals surface area contributed by atoms with Gasteiger partial charge >= 0.3 is 0 Å². The molecule has 1 amide bonds. The molecule has 1 aliphatic heterocycles. The van der Waals surface area contributed by atoms with Gasteiger partial charge in [0.1, 0.15) is 11.4 Å². The van der Waals surface area contributed by atoms with Gasteiger partial charge in [-0.2, -0.15) is 5.10 Å². The standard InChI is InChI=1S/C18H18N6O/c1-23(2)15-6-4-3-5-12(15)17-19-8-7-13(21-17)14-11-16-18(25)20-9-10-24(16)22-14/h3-8,11H,9-10H2,1-2H3,(H,20,25). The smallest absolute Gasteiger partial charge is 0.269 e. The molecule has 0 bridgehead atoms. The zero-order valence-electron chi connectivity index (χ0n) is 14.1. The Labute approximate surface area is 145 Å². The van der Waals surface area contributed by atoms with Crippen LogP contribution >= 0.6 is 0 Å². The van der Waals surface area contributed by atoms with Gasteiger partial charge in [0.2, 0.25) is 0 Å². The normalized spacial score (nSPS) is 13.3. The van der Waals surface area contributed by atoms with Gasteiger partial charge in [0.15, 0.2) is 5.82 Å². The molecule has 0 saturated carbocycles. The van der Waals surface area contributed by atoms with Crippen molar-refractivity contribution < 1.29 is 4.79 Å². The molecule has 0 fully saturated rings. The lowest BCUT2D eigenvalue weighted by Crippen LogP contribution is -2.35. The number of anilines is 1. The van der Waals surface area contributed by atoms with Gasteiger partial charge in [-0.25, -0.2) is 9.97 Å². The fraction of sp³-hybridized carbons (Fsp3) is 0.222. The Morgan fingerprint density at radius 2 is 2.00 bits per heavy atom. The summed E-state index contributed by atoms with van der Waals surface area (Å²) in [6, 6.07) is 11.6. The molecule has 7 nitrogen and oxygen atoms in total. The van der Waals surface area contributed by atoms with E-state index in [1.807, 2.05) is 49.3 Å². The van der Waals surface area contributed by atoms with Gasteiger partial charge in [0.25, 0.3) is 5.91 Å². The third-order valence-corrected chi connectivity index (χ3v) is 4.17. The summed E-state index contributed by atoms with van der Waals surface area (Å²) >= 11 is 0. The minimum Gasteiger partial charge on any atom is -0.377 e. The molecule has 0 aliphatic carbocycles. The van der Waals surface area contributed by atoms with E-state index in [1.165, 1.54) is 0 Å². The van der Waals surface area contributed by atoms with E-state index in [9.17, 15) is 4.79 Å². The first-order valence-electron chi connectivity index (χ1n) is 8.09. The van der Waals surface area contributed by atoms with Gasteiger partial charge in [0.05, 0.1) is 12.2 Å². The van der Waals surface area contributed by atoms with Gasteiger partial charge < -0.3 is 10.2 Å². The van der Waals surface area contributed by atoms with Crippen molar-refractivity contribution in [3.8, 4) is 22.8 Å². The van der Waals surface area contributed by atoms with Crippen molar-refractivity contribution in [2.75, 3.05) is 25.5 Å². The highest BCUT2D eigenvalue weighted by atomic mass is 16.2. The molecule has 1 aliphatic rings. The summed E-state index contributed by atoms with van der Waals surface area (Å²) in [5, 5.41) is 7.34. The molecule has 0 unspecified atom stereocenters. The Balaban J connectivity index is 1.78. The van der Waals surface area contributed by atoms with E-state index in [0.29, 0.717) is 36.0 Å². The highest BCUT2D eigenvalue weighted by Crippen LogP contribution is 2.28. The van der Waals surface area contributed by atoms with Crippen LogP contribution in [0.1, 0.15) is 10.5 Å². The van der Waals surface area contributed by atoms with Crippen LogP contribution in [0.25, 0.3) is 22.8 Å². The number of amides is 1. The summed E-state index contributed by atoms with van der Waals surface area (Å²) in [5.74, 6) is 0.537. The van der Waals surface area contributed by atoms with Crippen molar-refractivity contribution in [2.24, 2.45) is 0 Å². The van der Waals surface area contributed by atoms with Gasteiger partial charge in [-0.05, 0) is 24.3 Å². The van der Waals surface area contributed by atoms with E-state index in [1.54, 1.807) is 16.9 Å². The van der Waals surface area contributed by atoms with Crippen LogP contribution in [0.5, 0.6) is 0 Å². The van der Waals surface area contributed by atoms with E-state index < -0.39 is 0 Å². The topological polar surface area (TPSA) is 75.9 Å². The lowest BCUT2D eigenvalue weighted by atomic mass is 10.1. The summed E-state index contributed by atoms with van der Waals surface area (Å²) in [6.07, 6.45) is 1.72. The SMILES string of the molecule is CN(C)c1ccccc1-c1nccc(-c2cc3n(n2)CCNC3=O)n1. The van der Waals surface area contributed by atoms with Gasteiger partial charge in [-0.3, -0.25) is 9.48 Å². The number of rotatable bonds is 3. The molecule has 3 aromatic rings. The van der Waals surface area contributed by atoms with Crippen molar-refractivity contribution >= 4 is 11.6 Å². The molecule has 25 heavy (non-hydrogen) atoms. The minimum absolute atomic E-state index is 0.0998. The number of carbonyl (C=O) groups excluding carboxylic acids is 1. The second kappa shape index (κ2) is 6.01. The Bertz CT molecular complexity index is 946. The second-order valence-corrected chi connectivity index (χ2v) is 6.07. The molecule has 0 radical (unpaired) electrons. The number of para-hydroxylation sites is 1. The molecule has 126 valence electrons. The van der Waals surface area contributed by atoms with Gasteiger partial charge in [-0.15, -0.1) is 0 Å². The fourth-order valence-electron chi connectivity index (χ4n) is 2.94. The Kier molecular flexibility index (Phi) is 3.68. The van der Waals surface area contributed by atoms with Gasteiger partial charge in [-0.1, -0.05) is 12.1 Å². The predicted molar refractivity (Wildman–Crippen MR) is 95.3 cm³/mol.